The van der Waals surface area contributed by atoms with Crippen molar-refractivity contribution in [2.45, 2.75) is 57.1 Å². The van der Waals surface area contributed by atoms with Crippen molar-refractivity contribution in [3.63, 3.8) is 0 Å². The molecule has 7 nitrogen and oxygen atoms in total. The summed E-state index contributed by atoms with van der Waals surface area (Å²) in [6, 6.07) is 3.53. The van der Waals surface area contributed by atoms with E-state index in [-0.39, 0.29) is 36.7 Å². The monoisotopic (exact) mass is 359 g/mol. The van der Waals surface area contributed by atoms with Crippen molar-refractivity contribution in [3.05, 3.63) is 30.1 Å². The molecule has 0 spiro atoms. The number of pyridine rings is 1. The van der Waals surface area contributed by atoms with Gasteiger partial charge in [0.2, 0.25) is 5.91 Å². The van der Waals surface area contributed by atoms with Gasteiger partial charge in [0, 0.05) is 31.5 Å². The highest BCUT2D eigenvalue weighted by molar-refractivity contribution is 5.87. The topological polar surface area (TPSA) is 72.0 Å². The van der Waals surface area contributed by atoms with Crippen molar-refractivity contribution in [2.75, 3.05) is 19.7 Å². The van der Waals surface area contributed by atoms with Gasteiger partial charge in [-0.05, 0) is 38.3 Å². The van der Waals surface area contributed by atoms with Crippen LogP contribution in [0, 0.1) is 0 Å². The van der Waals surface area contributed by atoms with Crippen LogP contribution in [0.4, 0.5) is 0 Å². The molecule has 3 heterocycles. The minimum Gasteiger partial charge on any atom is -0.372 e. The maximum absolute atomic E-state index is 13.3. The minimum absolute atomic E-state index is 0.00991. The van der Waals surface area contributed by atoms with E-state index < -0.39 is 12.1 Å². The second-order valence-electron chi connectivity index (χ2n) is 7.50. The van der Waals surface area contributed by atoms with E-state index in [9.17, 15) is 9.59 Å². The fourth-order valence-corrected chi connectivity index (χ4v) is 4.04. The molecular weight excluding hydrogens is 334 g/mol. The Kier molecular flexibility index (Phi) is 4.67. The van der Waals surface area contributed by atoms with Gasteiger partial charge in [0.1, 0.15) is 6.61 Å². The Hall–Kier alpha value is -1.99. The van der Waals surface area contributed by atoms with Crippen LogP contribution in [-0.2, 0) is 19.1 Å². The quantitative estimate of drug-likeness (QED) is 0.810. The standard InChI is InChI=1S/C19H25N3O4/c1-12-9-21(10-13(2)26-12)19(24)18-17(14-4-3-7-20-8-14)22(15-5-6-15)16(23)11-25-18/h3-4,7-8,12-13,15,17-18H,5-6,9-11H2,1-2H3/t12-,13+,17-,18+/m1/s1. The summed E-state index contributed by atoms with van der Waals surface area (Å²) in [5.41, 5.74) is 0.847. The summed E-state index contributed by atoms with van der Waals surface area (Å²) in [6.07, 6.45) is 4.67. The smallest absolute Gasteiger partial charge is 0.254 e. The number of nitrogens with zero attached hydrogens (tertiary/aromatic N) is 3. The lowest BCUT2D eigenvalue weighted by Crippen LogP contribution is -2.58. The van der Waals surface area contributed by atoms with E-state index >= 15 is 0 Å². The number of hydrogen-bond acceptors (Lipinski definition) is 5. The van der Waals surface area contributed by atoms with Crippen LogP contribution in [0.3, 0.4) is 0 Å². The average Bonchev–Trinajstić information content (AvgIpc) is 3.45. The number of aromatic nitrogens is 1. The summed E-state index contributed by atoms with van der Waals surface area (Å²) in [7, 11) is 0. The van der Waals surface area contributed by atoms with Crippen molar-refractivity contribution in [1.29, 1.82) is 0 Å². The number of ether oxygens (including phenoxy) is 2. The van der Waals surface area contributed by atoms with E-state index in [1.807, 2.05) is 35.8 Å². The number of morpholine rings is 2. The maximum atomic E-state index is 13.3. The summed E-state index contributed by atoms with van der Waals surface area (Å²) < 4.78 is 11.5. The van der Waals surface area contributed by atoms with Crippen LogP contribution in [0.5, 0.6) is 0 Å². The molecule has 0 radical (unpaired) electrons. The van der Waals surface area contributed by atoms with E-state index in [4.69, 9.17) is 9.47 Å². The lowest BCUT2D eigenvalue weighted by molar-refractivity contribution is -0.175. The predicted octanol–water partition coefficient (Wildman–Crippen LogP) is 1.15. The molecule has 3 aliphatic rings. The summed E-state index contributed by atoms with van der Waals surface area (Å²) in [5, 5.41) is 0. The fourth-order valence-electron chi connectivity index (χ4n) is 4.04. The van der Waals surface area contributed by atoms with Gasteiger partial charge in [-0.25, -0.2) is 0 Å². The van der Waals surface area contributed by atoms with Gasteiger partial charge in [-0.2, -0.15) is 0 Å². The first-order valence-electron chi connectivity index (χ1n) is 9.31. The molecule has 1 aromatic rings. The van der Waals surface area contributed by atoms with E-state index in [0.29, 0.717) is 13.1 Å². The molecule has 1 aliphatic carbocycles. The second-order valence-corrected chi connectivity index (χ2v) is 7.50. The van der Waals surface area contributed by atoms with Crippen LogP contribution < -0.4 is 0 Å². The lowest BCUT2D eigenvalue weighted by atomic mass is 9.97. The third kappa shape index (κ3) is 3.33. The van der Waals surface area contributed by atoms with Gasteiger partial charge in [-0.3, -0.25) is 14.6 Å². The Morgan fingerprint density at radius 1 is 1.23 bits per heavy atom. The summed E-state index contributed by atoms with van der Waals surface area (Å²) in [4.78, 5) is 33.7. The summed E-state index contributed by atoms with van der Waals surface area (Å²) >= 11 is 0. The number of hydrogen-bond donors (Lipinski definition) is 0. The second kappa shape index (κ2) is 6.96. The normalized spacial score (nSPS) is 32.6. The van der Waals surface area contributed by atoms with E-state index in [1.165, 1.54) is 0 Å². The maximum Gasteiger partial charge on any atom is 0.254 e. The third-order valence-corrected chi connectivity index (χ3v) is 5.20. The molecule has 1 aromatic heterocycles. The fraction of sp³-hybridized carbons (Fsp3) is 0.632. The number of carbonyl (C=O) groups excluding carboxylic acids is 2. The molecule has 0 N–H and O–H groups in total. The molecule has 4 atom stereocenters. The zero-order chi connectivity index (χ0) is 18.3. The van der Waals surface area contributed by atoms with E-state index in [1.54, 1.807) is 12.4 Å². The molecule has 0 unspecified atom stereocenters. The zero-order valence-corrected chi connectivity index (χ0v) is 15.2. The van der Waals surface area contributed by atoms with Crippen LogP contribution in [0.25, 0.3) is 0 Å². The van der Waals surface area contributed by atoms with Crippen LogP contribution >= 0.6 is 0 Å². The number of rotatable bonds is 3. The van der Waals surface area contributed by atoms with Crippen LogP contribution in [-0.4, -0.2) is 70.6 Å². The molecule has 0 aromatic carbocycles. The highest BCUT2D eigenvalue weighted by Gasteiger charge is 2.48. The van der Waals surface area contributed by atoms with Crippen molar-refractivity contribution >= 4 is 11.8 Å². The molecule has 140 valence electrons. The van der Waals surface area contributed by atoms with Gasteiger partial charge in [-0.1, -0.05) is 6.07 Å². The lowest BCUT2D eigenvalue weighted by Gasteiger charge is -2.44. The third-order valence-electron chi connectivity index (χ3n) is 5.20. The molecular formula is C19H25N3O4. The summed E-state index contributed by atoms with van der Waals surface area (Å²) in [6.45, 7) is 4.98. The largest absolute Gasteiger partial charge is 0.372 e. The van der Waals surface area contributed by atoms with Crippen LogP contribution in [0.15, 0.2) is 24.5 Å². The molecule has 4 rings (SSSR count). The van der Waals surface area contributed by atoms with Crippen molar-refractivity contribution < 1.29 is 19.1 Å². The molecule has 2 saturated heterocycles. The Balaban J connectivity index is 1.64. The van der Waals surface area contributed by atoms with E-state index in [0.717, 1.165) is 18.4 Å². The first kappa shape index (κ1) is 17.4. The van der Waals surface area contributed by atoms with Crippen LogP contribution in [0.1, 0.15) is 38.3 Å². The zero-order valence-electron chi connectivity index (χ0n) is 15.2. The number of amides is 2. The Morgan fingerprint density at radius 3 is 2.58 bits per heavy atom. The van der Waals surface area contributed by atoms with Crippen molar-refractivity contribution in [3.8, 4) is 0 Å². The average molecular weight is 359 g/mol. The predicted molar refractivity (Wildman–Crippen MR) is 93.2 cm³/mol. The Morgan fingerprint density at radius 2 is 1.96 bits per heavy atom. The molecule has 3 fully saturated rings. The molecule has 26 heavy (non-hydrogen) atoms. The van der Waals surface area contributed by atoms with Crippen LogP contribution in [0.2, 0.25) is 0 Å². The van der Waals surface area contributed by atoms with Gasteiger partial charge < -0.3 is 19.3 Å². The van der Waals surface area contributed by atoms with Gasteiger partial charge in [0.25, 0.3) is 5.91 Å². The molecule has 2 aliphatic heterocycles. The Bertz CT molecular complexity index is 669. The molecule has 2 amide bonds. The van der Waals surface area contributed by atoms with Gasteiger partial charge in [-0.15, -0.1) is 0 Å². The molecule has 0 bridgehead atoms. The highest BCUT2D eigenvalue weighted by Crippen LogP contribution is 2.39. The van der Waals surface area contributed by atoms with Crippen molar-refractivity contribution in [1.82, 2.24) is 14.8 Å². The molecule has 7 heteroatoms. The van der Waals surface area contributed by atoms with E-state index in [2.05, 4.69) is 4.98 Å². The SMILES string of the molecule is C[C@@H]1CN(C(=O)[C@H]2OCC(=O)N(C3CC3)[C@@H]2c2cccnc2)C[C@H](C)O1. The highest BCUT2D eigenvalue weighted by atomic mass is 16.5. The van der Waals surface area contributed by atoms with Gasteiger partial charge >= 0.3 is 0 Å². The Labute approximate surface area is 153 Å². The van der Waals surface area contributed by atoms with Crippen molar-refractivity contribution in [2.24, 2.45) is 0 Å². The number of carbonyl (C=O) groups is 2. The first-order chi connectivity index (χ1) is 12.5. The first-order valence-corrected chi connectivity index (χ1v) is 9.31. The summed E-state index contributed by atoms with van der Waals surface area (Å²) in [5.74, 6) is -0.117. The minimum atomic E-state index is -0.699. The van der Waals surface area contributed by atoms with Gasteiger partial charge in [0.05, 0.1) is 18.2 Å². The van der Waals surface area contributed by atoms with Gasteiger partial charge in [0.15, 0.2) is 6.10 Å². The molecule has 1 saturated carbocycles.